The Kier molecular flexibility index (Phi) is 5.07. The Morgan fingerprint density at radius 2 is 1.86 bits per heavy atom. The highest BCUT2D eigenvalue weighted by atomic mass is 16.6. The van der Waals surface area contributed by atoms with Crippen LogP contribution in [0.4, 0.5) is 15.3 Å². The summed E-state index contributed by atoms with van der Waals surface area (Å²) in [5.41, 5.74) is 1.57. The van der Waals surface area contributed by atoms with Crippen molar-refractivity contribution in [2.45, 2.75) is 49.2 Å². The zero-order chi connectivity index (χ0) is 25.1. The first-order valence-electron chi connectivity index (χ1n) is 12.4. The van der Waals surface area contributed by atoms with Crippen molar-refractivity contribution in [3.63, 3.8) is 0 Å². The second-order valence-corrected chi connectivity index (χ2v) is 10.2. The molecule has 2 heterocycles. The zero-order valence-electron chi connectivity index (χ0n) is 20.1. The van der Waals surface area contributed by atoms with Crippen LogP contribution in [-0.4, -0.2) is 53.9 Å². The summed E-state index contributed by atoms with van der Waals surface area (Å²) in [5.74, 6) is -0.735. The smallest absolute Gasteiger partial charge is 0.418 e. The van der Waals surface area contributed by atoms with Gasteiger partial charge in [0.05, 0.1) is 6.04 Å². The number of carbonyl (C=O) groups is 4. The van der Waals surface area contributed by atoms with Crippen LogP contribution in [0.2, 0.25) is 0 Å². The van der Waals surface area contributed by atoms with Crippen molar-refractivity contribution in [1.29, 1.82) is 0 Å². The van der Waals surface area contributed by atoms with Crippen molar-refractivity contribution in [3.05, 3.63) is 65.2 Å². The summed E-state index contributed by atoms with van der Waals surface area (Å²) in [5, 5.41) is 5.29. The number of anilines is 1. The normalized spacial score (nSPS) is 25.3. The second kappa shape index (κ2) is 8.08. The summed E-state index contributed by atoms with van der Waals surface area (Å²) >= 11 is 0. The average molecular weight is 489 g/mol. The number of amides is 5. The monoisotopic (exact) mass is 488 g/mol. The molecule has 0 radical (unpaired) electrons. The molecule has 0 aromatic heterocycles. The fraction of sp³-hybridized carbons (Fsp3) is 0.407. The minimum atomic E-state index is -1.42. The molecule has 6 rings (SSSR count). The van der Waals surface area contributed by atoms with Crippen LogP contribution < -0.4 is 10.6 Å². The van der Waals surface area contributed by atoms with Gasteiger partial charge in [-0.05, 0) is 48.9 Å². The molecule has 0 unspecified atom stereocenters. The van der Waals surface area contributed by atoms with Gasteiger partial charge in [-0.25, -0.2) is 14.5 Å². The molecule has 4 aliphatic rings. The number of carbonyl (C=O) groups excluding carboxylic acids is 4. The number of imide groups is 1. The van der Waals surface area contributed by atoms with E-state index < -0.39 is 17.6 Å². The standard InChI is InChI=1S/C27H28N4O5/c1-28-24(34)29-18-9-10-19-20(14-18)26(11-12-26)16-27(19)23(33)31(25(35)36-27)15-22(32)30-13-5-8-21(30)17-6-3-2-4-7-17/h2-4,6-7,9-10,14,21H,5,8,11-13,15-16H2,1H3,(H2,28,29,34)/t21-,27+/m0/s1. The number of nitrogens with one attached hydrogen (secondary N) is 2. The molecule has 2 N–H and O–H groups in total. The quantitative estimate of drug-likeness (QED) is 0.686. The molecule has 2 aliphatic carbocycles. The van der Waals surface area contributed by atoms with Crippen molar-refractivity contribution in [2.24, 2.45) is 0 Å². The van der Waals surface area contributed by atoms with Gasteiger partial charge in [0.2, 0.25) is 11.5 Å². The van der Waals surface area contributed by atoms with Crippen molar-refractivity contribution >= 4 is 29.6 Å². The van der Waals surface area contributed by atoms with E-state index in [9.17, 15) is 19.2 Å². The maximum absolute atomic E-state index is 13.8. The molecule has 2 atom stereocenters. The van der Waals surface area contributed by atoms with Gasteiger partial charge in [0, 0.05) is 36.7 Å². The number of likely N-dealkylation sites (tertiary alicyclic amines) is 1. The van der Waals surface area contributed by atoms with Crippen LogP contribution in [0.5, 0.6) is 0 Å². The summed E-state index contributed by atoms with van der Waals surface area (Å²) in [4.78, 5) is 54.6. The third-order valence-electron chi connectivity index (χ3n) is 8.08. The summed E-state index contributed by atoms with van der Waals surface area (Å²) < 4.78 is 5.82. The number of rotatable bonds is 4. The summed E-state index contributed by atoms with van der Waals surface area (Å²) in [6.07, 6.45) is 3.06. The lowest BCUT2D eigenvalue weighted by atomic mass is 9.94. The number of fused-ring (bicyclic) bond motifs is 3. The third kappa shape index (κ3) is 3.37. The second-order valence-electron chi connectivity index (χ2n) is 10.2. The van der Waals surface area contributed by atoms with Crippen LogP contribution >= 0.6 is 0 Å². The highest BCUT2D eigenvalue weighted by molar-refractivity contribution is 6.07. The molecule has 2 aromatic carbocycles. The molecule has 0 bridgehead atoms. The number of ether oxygens (including phenoxy) is 1. The van der Waals surface area contributed by atoms with E-state index in [4.69, 9.17) is 4.74 Å². The predicted octanol–water partition coefficient (Wildman–Crippen LogP) is 3.41. The maximum Gasteiger partial charge on any atom is 0.418 e. The van der Waals surface area contributed by atoms with Gasteiger partial charge < -0.3 is 20.3 Å². The van der Waals surface area contributed by atoms with E-state index in [0.717, 1.165) is 41.7 Å². The topological polar surface area (TPSA) is 108 Å². The molecule has 5 amide bonds. The average Bonchev–Trinajstić information content (AvgIpc) is 3.29. The zero-order valence-corrected chi connectivity index (χ0v) is 20.1. The molecule has 2 aromatic rings. The van der Waals surface area contributed by atoms with Gasteiger partial charge >= 0.3 is 12.1 Å². The molecule has 9 heteroatoms. The van der Waals surface area contributed by atoms with Gasteiger partial charge in [-0.2, -0.15) is 0 Å². The summed E-state index contributed by atoms with van der Waals surface area (Å²) in [6.45, 7) is 0.259. The van der Waals surface area contributed by atoms with Crippen LogP contribution in [-0.2, 0) is 25.3 Å². The molecular weight excluding hydrogens is 460 g/mol. The lowest BCUT2D eigenvalue weighted by molar-refractivity contribution is -0.142. The lowest BCUT2D eigenvalue weighted by Gasteiger charge is -2.26. The van der Waals surface area contributed by atoms with E-state index in [1.807, 2.05) is 36.4 Å². The number of benzene rings is 2. The van der Waals surface area contributed by atoms with Crippen LogP contribution in [0.3, 0.4) is 0 Å². The molecule has 36 heavy (non-hydrogen) atoms. The van der Waals surface area contributed by atoms with E-state index >= 15 is 0 Å². The van der Waals surface area contributed by atoms with Crippen molar-refractivity contribution in [1.82, 2.24) is 15.1 Å². The van der Waals surface area contributed by atoms with E-state index in [1.165, 1.54) is 7.05 Å². The third-order valence-corrected chi connectivity index (χ3v) is 8.08. The van der Waals surface area contributed by atoms with Gasteiger partial charge in [0.15, 0.2) is 0 Å². The minimum Gasteiger partial charge on any atom is -0.427 e. The van der Waals surface area contributed by atoms with Gasteiger partial charge in [0.1, 0.15) is 6.54 Å². The number of urea groups is 1. The van der Waals surface area contributed by atoms with Crippen molar-refractivity contribution in [2.75, 3.05) is 25.5 Å². The molecule has 1 saturated carbocycles. The molecule has 186 valence electrons. The number of hydrogen-bond donors (Lipinski definition) is 2. The Bertz CT molecular complexity index is 1270. The Labute approximate surface area is 208 Å². The molecule has 2 aliphatic heterocycles. The minimum absolute atomic E-state index is 0.0606. The van der Waals surface area contributed by atoms with E-state index in [1.54, 1.807) is 17.0 Å². The SMILES string of the molecule is CNC(=O)Nc1ccc2c(c1)C1(CC1)C[C@@]21OC(=O)N(CC(=O)N2CCC[C@H]2c2ccccc2)C1=O. The van der Waals surface area contributed by atoms with Gasteiger partial charge in [-0.1, -0.05) is 36.4 Å². The lowest BCUT2D eigenvalue weighted by Crippen LogP contribution is -2.44. The Morgan fingerprint density at radius 3 is 2.58 bits per heavy atom. The van der Waals surface area contributed by atoms with Crippen LogP contribution in [0.25, 0.3) is 0 Å². The van der Waals surface area contributed by atoms with Crippen LogP contribution in [0.15, 0.2) is 48.5 Å². The Balaban J connectivity index is 1.25. The van der Waals surface area contributed by atoms with Crippen molar-refractivity contribution < 1.29 is 23.9 Å². The predicted molar refractivity (Wildman–Crippen MR) is 130 cm³/mol. The summed E-state index contributed by atoms with van der Waals surface area (Å²) in [7, 11) is 1.54. The first-order valence-corrected chi connectivity index (χ1v) is 12.4. The Hall–Kier alpha value is -3.88. The first kappa shape index (κ1) is 22.6. The largest absolute Gasteiger partial charge is 0.427 e. The van der Waals surface area contributed by atoms with E-state index in [-0.39, 0.29) is 29.9 Å². The molecular formula is C27H28N4O5. The molecule has 3 fully saturated rings. The fourth-order valence-electron chi connectivity index (χ4n) is 6.15. The summed E-state index contributed by atoms with van der Waals surface area (Å²) in [6, 6.07) is 14.8. The molecule has 2 spiro atoms. The molecule has 2 saturated heterocycles. The van der Waals surface area contributed by atoms with Crippen molar-refractivity contribution in [3.8, 4) is 0 Å². The fourth-order valence-corrected chi connectivity index (χ4v) is 6.15. The Morgan fingerprint density at radius 1 is 1.08 bits per heavy atom. The maximum atomic E-state index is 13.8. The highest BCUT2D eigenvalue weighted by Crippen LogP contribution is 2.64. The number of nitrogens with zero attached hydrogens (tertiary/aromatic N) is 2. The number of hydrogen-bond acceptors (Lipinski definition) is 5. The first-order chi connectivity index (χ1) is 17.4. The van der Waals surface area contributed by atoms with E-state index in [0.29, 0.717) is 24.2 Å². The van der Waals surface area contributed by atoms with Crippen LogP contribution in [0, 0.1) is 0 Å². The molecule has 9 nitrogen and oxygen atoms in total. The van der Waals surface area contributed by atoms with Gasteiger partial charge in [0.25, 0.3) is 5.91 Å². The highest BCUT2D eigenvalue weighted by Gasteiger charge is 2.67. The van der Waals surface area contributed by atoms with Crippen LogP contribution in [0.1, 0.15) is 54.8 Å². The van der Waals surface area contributed by atoms with Gasteiger partial charge in [-0.15, -0.1) is 0 Å². The van der Waals surface area contributed by atoms with Gasteiger partial charge in [-0.3, -0.25) is 9.59 Å². The van der Waals surface area contributed by atoms with E-state index in [2.05, 4.69) is 10.6 Å².